The summed E-state index contributed by atoms with van der Waals surface area (Å²) in [7, 11) is 1.14. The zero-order chi connectivity index (χ0) is 20.0. The molecule has 0 N–H and O–H groups in total. The number of unbranched alkanes of at least 4 members (excludes halogenated alkanes) is 1. The molecule has 0 unspecified atom stereocenters. The molecule has 1 amide bonds. The molecule has 6 heteroatoms. The van der Waals surface area contributed by atoms with Crippen molar-refractivity contribution in [1.82, 2.24) is 5.06 Å². The number of carbonyl (C=O) groups is 1. The standard InChI is InChI=1S/C20H34FNO3Si/c1-20(2,3)26(6,7)25-18(16-12-14-17(21)15-13-16)10-8-9-11-19(23)22(4)24-5/h12-15,18H,8-11H2,1-7H3/t18-/m1/s1. The molecule has 26 heavy (non-hydrogen) atoms. The average molecular weight is 384 g/mol. The van der Waals surface area contributed by atoms with Gasteiger partial charge in [-0.05, 0) is 48.7 Å². The molecule has 1 aromatic carbocycles. The zero-order valence-corrected chi connectivity index (χ0v) is 18.3. The van der Waals surface area contributed by atoms with Crippen molar-refractivity contribution in [3.63, 3.8) is 0 Å². The molecule has 148 valence electrons. The molecule has 1 rings (SSSR count). The molecule has 0 aliphatic rings. The minimum atomic E-state index is -1.96. The van der Waals surface area contributed by atoms with Gasteiger partial charge in [0.2, 0.25) is 5.91 Å². The highest BCUT2D eigenvalue weighted by molar-refractivity contribution is 6.74. The molecule has 0 spiro atoms. The van der Waals surface area contributed by atoms with Crippen LogP contribution in [0.1, 0.15) is 58.1 Å². The number of hydrogen-bond donors (Lipinski definition) is 0. The second-order valence-corrected chi connectivity index (χ2v) is 13.0. The Bertz CT molecular complexity index is 569. The lowest BCUT2D eigenvalue weighted by Crippen LogP contribution is -2.41. The summed E-state index contributed by atoms with van der Waals surface area (Å²) in [6, 6.07) is 6.57. The summed E-state index contributed by atoms with van der Waals surface area (Å²) in [5.41, 5.74) is 0.997. The Hall–Kier alpha value is -1.24. The number of hydrogen-bond acceptors (Lipinski definition) is 3. The summed E-state index contributed by atoms with van der Waals surface area (Å²) in [5, 5.41) is 1.35. The minimum Gasteiger partial charge on any atom is -0.410 e. The summed E-state index contributed by atoms with van der Waals surface area (Å²) < 4.78 is 19.9. The lowest BCUT2D eigenvalue weighted by molar-refractivity contribution is -0.168. The molecular weight excluding hydrogens is 349 g/mol. The lowest BCUT2D eigenvalue weighted by atomic mass is 10.0. The fourth-order valence-electron chi connectivity index (χ4n) is 2.37. The van der Waals surface area contributed by atoms with Crippen LogP contribution in [0.5, 0.6) is 0 Å². The van der Waals surface area contributed by atoms with Gasteiger partial charge >= 0.3 is 0 Å². The third-order valence-electron chi connectivity index (χ3n) is 5.22. The molecule has 0 aromatic heterocycles. The van der Waals surface area contributed by atoms with Crippen LogP contribution in [-0.2, 0) is 14.1 Å². The molecule has 0 fully saturated rings. The van der Waals surface area contributed by atoms with E-state index < -0.39 is 8.32 Å². The van der Waals surface area contributed by atoms with Gasteiger partial charge in [0, 0.05) is 13.5 Å². The molecule has 4 nitrogen and oxygen atoms in total. The number of hydroxylamine groups is 2. The van der Waals surface area contributed by atoms with Gasteiger partial charge < -0.3 is 4.43 Å². The van der Waals surface area contributed by atoms with E-state index in [0.717, 1.165) is 24.8 Å². The van der Waals surface area contributed by atoms with Gasteiger partial charge in [-0.25, -0.2) is 9.45 Å². The van der Waals surface area contributed by atoms with E-state index in [2.05, 4.69) is 33.9 Å². The Kier molecular flexibility index (Phi) is 8.44. The van der Waals surface area contributed by atoms with Gasteiger partial charge in [-0.2, -0.15) is 0 Å². The van der Waals surface area contributed by atoms with Gasteiger partial charge in [-0.3, -0.25) is 9.63 Å². The smallest absolute Gasteiger partial charge is 0.245 e. The number of nitrogens with zero attached hydrogens (tertiary/aromatic N) is 1. The monoisotopic (exact) mass is 383 g/mol. The van der Waals surface area contributed by atoms with Crippen LogP contribution in [0.15, 0.2) is 24.3 Å². The number of amides is 1. The van der Waals surface area contributed by atoms with E-state index in [-0.39, 0.29) is 22.9 Å². The average Bonchev–Trinajstić information content (AvgIpc) is 2.56. The highest BCUT2D eigenvalue weighted by atomic mass is 28.4. The fourth-order valence-corrected chi connectivity index (χ4v) is 3.69. The minimum absolute atomic E-state index is 0.0313. The van der Waals surface area contributed by atoms with Gasteiger partial charge in [0.05, 0.1) is 13.2 Å². The van der Waals surface area contributed by atoms with Gasteiger partial charge in [-0.15, -0.1) is 0 Å². The third-order valence-corrected chi connectivity index (χ3v) is 9.70. The summed E-state index contributed by atoms with van der Waals surface area (Å²) in [6.45, 7) is 11.1. The number of rotatable bonds is 9. The van der Waals surface area contributed by atoms with Crippen molar-refractivity contribution in [2.75, 3.05) is 14.2 Å². The molecule has 0 aliphatic heterocycles. The van der Waals surface area contributed by atoms with Gasteiger partial charge in [0.25, 0.3) is 0 Å². The van der Waals surface area contributed by atoms with Crippen LogP contribution in [0, 0.1) is 5.82 Å². The maximum absolute atomic E-state index is 13.3. The van der Waals surface area contributed by atoms with Crippen LogP contribution in [0.3, 0.4) is 0 Å². The molecule has 0 radical (unpaired) electrons. The second kappa shape index (κ2) is 9.62. The molecule has 0 heterocycles. The van der Waals surface area contributed by atoms with E-state index in [1.54, 1.807) is 19.2 Å². The van der Waals surface area contributed by atoms with E-state index >= 15 is 0 Å². The first-order valence-corrected chi connectivity index (χ1v) is 12.1. The maximum atomic E-state index is 13.3. The summed E-state index contributed by atoms with van der Waals surface area (Å²) >= 11 is 0. The van der Waals surface area contributed by atoms with Gasteiger partial charge in [-0.1, -0.05) is 39.3 Å². The first-order chi connectivity index (χ1) is 12.0. The molecule has 1 aromatic rings. The van der Waals surface area contributed by atoms with Crippen molar-refractivity contribution in [1.29, 1.82) is 0 Å². The van der Waals surface area contributed by atoms with Crippen LogP contribution < -0.4 is 0 Å². The molecule has 0 saturated carbocycles. The van der Waals surface area contributed by atoms with Crippen LogP contribution in [0.25, 0.3) is 0 Å². The fraction of sp³-hybridized carbons (Fsp3) is 0.650. The van der Waals surface area contributed by atoms with Crippen molar-refractivity contribution in [2.45, 2.75) is 70.7 Å². The summed E-state index contributed by atoms with van der Waals surface area (Å²) in [6.07, 6.45) is 2.81. The maximum Gasteiger partial charge on any atom is 0.245 e. The Morgan fingerprint density at radius 3 is 2.27 bits per heavy atom. The molecule has 0 bridgehead atoms. The molecular formula is C20H34FNO3Si. The van der Waals surface area contributed by atoms with Crippen LogP contribution in [0.2, 0.25) is 18.1 Å². The van der Waals surface area contributed by atoms with Gasteiger partial charge in [0.1, 0.15) is 5.82 Å². The molecule has 0 aliphatic carbocycles. The van der Waals surface area contributed by atoms with Crippen molar-refractivity contribution in [2.24, 2.45) is 0 Å². The highest BCUT2D eigenvalue weighted by Gasteiger charge is 2.39. The topological polar surface area (TPSA) is 38.8 Å². The lowest BCUT2D eigenvalue weighted by Gasteiger charge is -2.39. The third kappa shape index (κ3) is 6.82. The van der Waals surface area contributed by atoms with Gasteiger partial charge in [0.15, 0.2) is 8.32 Å². The number of benzene rings is 1. The van der Waals surface area contributed by atoms with Crippen LogP contribution in [0.4, 0.5) is 4.39 Å². The van der Waals surface area contributed by atoms with E-state index in [4.69, 9.17) is 9.26 Å². The van der Waals surface area contributed by atoms with Crippen molar-refractivity contribution in [3.8, 4) is 0 Å². The van der Waals surface area contributed by atoms with Crippen LogP contribution >= 0.6 is 0 Å². The number of carbonyl (C=O) groups excluding carboxylic acids is 1. The Morgan fingerprint density at radius 2 is 1.77 bits per heavy atom. The van der Waals surface area contributed by atoms with E-state index in [1.165, 1.54) is 24.3 Å². The number of halogens is 1. The Labute approximate surface area is 158 Å². The van der Waals surface area contributed by atoms with E-state index in [1.807, 2.05) is 0 Å². The summed E-state index contributed by atoms with van der Waals surface area (Å²) in [5.74, 6) is -0.274. The molecule has 1 atom stereocenters. The summed E-state index contributed by atoms with van der Waals surface area (Å²) in [4.78, 5) is 16.7. The Morgan fingerprint density at radius 1 is 1.19 bits per heavy atom. The predicted molar refractivity (Wildman–Crippen MR) is 106 cm³/mol. The predicted octanol–water partition coefficient (Wildman–Crippen LogP) is 5.47. The van der Waals surface area contributed by atoms with E-state index in [9.17, 15) is 9.18 Å². The van der Waals surface area contributed by atoms with Crippen LogP contribution in [-0.4, -0.2) is 33.4 Å². The first kappa shape index (κ1) is 22.8. The normalized spacial score (nSPS) is 13.5. The highest BCUT2D eigenvalue weighted by Crippen LogP contribution is 2.41. The SMILES string of the molecule is CON(C)C(=O)CCCC[C@@H](O[Si](C)(C)C(C)(C)C)c1ccc(F)cc1. The zero-order valence-electron chi connectivity index (χ0n) is 17.3. The van der Waals surface area contributed by atoms with Crippen molar-refractivity contribution < 1.29 is 18.4 Å². The van der Waals surface area contributed by atoms with E-state index in [0.29, 0.717) is 6.42 Å². The largest absolute Gasteiger partial charge is 0.410 e. The first-order valence-electron chi connectivity index (χ1n) is 9.22. The van der Waals surface area contributed by atoms with Crippen molar-refractivity contribution in [3.05, 3.63) is 35.6 Å². The quantitative estimate of drug-likeness (QED) is 0.322. The Balaban J connectivity index is 2.76. The second-order valence-electron chi connectivity index (χ2n) is 8.24. The molecule has 0 saturated heterocycles. The van der Waals surface area contributed by atoms with Crippen molar-refractivity contribution >= 4 is 14.2 Å².